The van der Waals surface area contributed by atoms with Gasteiger partial charge in [0.15, 0.2) is 0 Å². The minimum absolute atomic E-state index is 0.104. The number of esters is 1. The van der Waals surface area contributed by atoms with Crippen LogP contribution in [0.5, 0.6) is 0 Å². The van der Waals surface area contributed by atoms with E-state index in [2.05, 4.69) is 10.3 Å². The van der Waals surface area contributed by atoms with E-state index in [9.17, 15) is 9.59 Å². The zero-order valence-corrected chi connectivity index (χ0v) is 12.2. The van der Waals surface area contributed by atoms with Crippen molar-refractivity contribution < 1.29 is 14.3 Å². The lowest BCUT2D eigenvalue weighted by molar-refractivity contribution is 0.0519. The maximum atomic E-state index is 12.2. The Morgan fingerprint density at radius 1 is 1.32 bits per heavy atom. The van der Waals surface area contributed by atoms with E-state index >= 15 is 0 Å². The second-order valence-corrected chi connectivity index (χ2v) is 4.63. The maximum absolute atomic E-state index is 12.2. The van der Waals surface area contributed by atoms with Crippen LogP contribution in [0, 0.1) is 13.8 Å². The Hall–Kier alpha value is -1.78. The largest absolute Gasteiger partial charge is 0.461 e. The fraction of sp³-hybridized carbons (Fsp3) is 0.571. The van der Waals surface area contributed by atoms with Crippen LogP contribution in [0.4, 0.5) is 0 Å². The molecule has 0 saturated heterocycles. The molecule has 1 rings (SSSR count). The van der Waals surface area contributed by atoms with Gasteiger partial charge in [-0.3, -0.25) is 4.79 Å². The van der Waals surface area contributed by atoms with E-state index in [1.54, 1.807) is 20.8 Å². The van der Waals surface area contributed by atoms with Crippen LogP contribution in [-0.4, -0.2) is 29.5 Å². The molecule has 0 fully saturated rings. The van der Waals surface area contributed by atoms with Crippen molar-refractivity contribution >= 4 is 11.9 Å². The number of nitrogens with one attached hydrogen (secondary N) is 2. The van der Waals surface area contributed by atoms with Crippen LogP contribution >= 0.6 is 0 Å². The fourth-order valence-corrected chi connectivity index (χ4v) is 1.90. The normalized spacial score (nSPS) is 12.1. The SMILES string of the molecule is CCOC(=O)c1[nH]c(C)c(C(=O)N[C@H](C)CC)c1C. The monoisotopic (exact) mass is 266 g/mol. The lowest BCUT2D eigenvalue weighted by atomic mass is 10.1. The summed E-state index contributed by atoms with van der Waals surface area (Å²) in [5, 5.41) is 2.90. The number of rotatable bonds is 5. The van der Waals surface area contributed by atoms with Crippen molar-refractivity contribution in [3.05, 3.63) is 22.5 Å². The van der Waals surface area contributed by atoms with Crippen LogP contribution in [0.15, 0.2) is 0 Å². The third kappa shape index (κ3) is 3.36. The molecule has 0 saturated carbocycles. The van der Waals surface area contributed by atoms with Gasteiger partial charge < -0.3 is 15.0 Å². The van der Waals surface area contributed by atoms with Gasteiger partial charge >= 0.3 is 5.97 Å². The van der Waals surface area contributed by atoms with Gasteiger partial charge in [-0.25, -0.2) is 4.79 Å². The summed E-state index contributed by atoms with van der Waals surface area (Å²) in [4.78, 5) is 26.8. The summed E-state index contributed by atoms with van der Waals surface area (Å²) in [7, 11) is 0. The Balaban J connectivity index is 3.03. The average Bonchev–Trinajstić information content (AvgIpc) is 2.65. The molecule has 1 atom stereocenters. The lowest BCUT2D eigenvalue weighted by Crippen LogP contribution is -2.32. The maximum Gasteiger partial charge on any atom is 0.355 e. The number of carbonyl (C=O) groups is 2. The minimum atomic E-state index is -0.425. The molecule has 1 heterocycles. The molecule has 0 radical (unpaired) electrons. The van der Waals surface area contributed by atoms with Crippen LogP contribution in [0.1, 0.15) is 59.3 Å². The minimum Gasteiger partial charge on any atom is -0.461 e. The van der Waals surface area contributed by atoms with Crippen LogP contribution in [0.3, 0.4) is 0 Å². The van der Waals surface area contributed by atoms with E-state index < -0.39 is 5.97 Å². The van der Waals surface area contributed by atoms with Gasteiger partial charge in [0.05, 0.1) is 12.2 Å². The van der Waals surface area contributed by atoms with E-state index in [0.29, 0.717) is 29.1 Å². The highest BCUT2D eigenvalue weighted by Gasteiger charge is 2.23. The third-order valence-electron chi connectivity index (χ3n) is 3.13. The van der Waals surface area contributed by atoms with E-state index in [1.807, 2.05) is 13.8 Å². The molecule has 0 spiro atoms. The van der Waals surface area contributed by atoms with Gasteiger partial charge in [-0.05, 0) is 39.7 Å². The summed E-state index contributed by atoms with van der Waals surface area (Å²) in [6.45, 7) is 9.54. The molecule has 0 unspecified atom stereocenters. The first-order valence-corrected chi connectivity index (χ1v) is 6.59. The molecule has 1 aromatic rings. The average molecular weight is 266 g/mol. The highest BCUT2D eigenvalue weighted by molar-refractivity contribution is 6.01. The number of H-pyrrole nitrogens is 1. The Morgan fingerprint density at radius 3 is 2.47 bits per heavy atom. The van der Waals surface area contributed by atoms with E-state index in [-0.39, 0.29) is 11.9 Å². The molecule has 19 heavy (non-hydrogen) atoms. The molecule has 106 valence electrons. The second-order valence-electron chi connectivity index (χ2n) is 4.63. The van der Waals surface area contributed by atoms with Crippen molar-refractivity contribution in [3.63, 3.8) is 0 Å². The summed E-state index contributed by atoms with van der Waals surface area (Å²) < 4.78 is 4.96. The van der Waals surface area contributed by atoms with Crippen molar-refractivity contribution in [1.29, 1.82) is 0 Å². The van der Waals surface area contributed by atoms with Gasteiger partial charge in [-0.2, -0.15) is 0 Å². The quantitative estimate of drug-likeness (QED) is 0.803. The number of ether oxygens (including phenoxy) is 1. The molecule has 0 aromatic carbocycles. The number of hydrogen-bond acceptors (Lipinski definition) is 3. The van der Waals surface area contributed by atoms with Crippen molar-refractivity contribution in [2.75, 3.05) is 6.61 Å². The number of carbonyl (C=O) groups excluding carboxylic acids is 2. The molecule has 1 aromatic heterocycles. The number of aromatic amines is 1. The summed E-state index contributed by atoms with van der Waals surface area (Å²) in [6, 6.07) is 0.104. The predicted molar refractivity (Wildman–Crippen MR) is 73.4 cm³/mol. The summed E-state index contributed by atoms with van der Waals surface area (Å²) >= 11 is 0. The van der Waals surface area contributed by atoms with Gasteiger partial charge in [0.2, 0.25) is 0 Å². The lowest BCUT2D eigenvalue weighted by Gasteiger charge is -2.11. The highest BCUT2D eigenvalue weighted by atomic mass is 16.5. The Bertz CT molecular complexity index is 477. The number of amides is 1. The first-order chi connectivity index (χ1) is 8.92. The number of hydrogen-bond donors (Lipinski definition) is 2. The molecule has 2 N–H and O–H groups in total. The molecule has 1 amide bonds. The topological polar surface area (TPSA) is 71.2 Å². The standard InChI is InChI=1S/C14H22N2O3/c1-6-8(3)15-13(17)11-9(4)12(16-10(11)5)14(18)19-7-2/h8,16H,6-7H2,1-5H3,(H,15,17)/t8-/m1/s1. The van der Waals surface area contributed by atoms with Crippen LogP contribution < -0.4 is 5.32 Å². The summed E-state index contributed by atoms with van der Waals surface area (Å²) in [5.74, 6) is -0.582. The molecule has 5 heteroatoms. The second kappa shape index (κ2) is 6.41. The predicted octanol–water partition coefficient (Wildman–Crippen LogP) is 2.34. The zero-order chi connectivity index (χ0) is 14.6. The summed E-state index contributed by atoms with van der Waals surface area (Å²) in [5.41, 5.74) is 2.20. The van der Waals surface area contributed by atoms with Crippen LogP contribution in [0.2, 0.25) is 0 Å². The molecule has 0 aliphatic carbocycles. The van der Waals surface area contributed by atoms with Crippen LogP contribution in [-0.2, 0) is 4.74 Å². The Morgan fingerprint density at radius 2 is 1.95 bits per heavy atom. The first-order valence-electron chi connectivity index (χ1n) is 6.59. The fourth-order valence-electron chi connectivity index (χ4n) is 1.90. The molecule has 0 aliphatic heterocycles. The zero-order valence-electron chi connectivity index (χ0n) is 12.2. The third-order valence-corrected chi connectivity index (χ3v) is 3.13. The number of aromatic nitrogens is 1. The first kappa shape index (κ1) is 15.3. The molecular formula is C14H22N2O3. The Kier molecular flexibility index (Phi) is 5.15. The van der Waals surface area contributed by atoms with Gasteiger partial charge in [-0.15, -0.1) is 0 Å². The molecule has 0 aliphatic rings. The van der Waals surface area contributed by atoms with Gasteiger partial charge in [0, 0.05) is 11.7 Å². The Labute approximate surface area is 113 Å². The summed E-state index contributed by atoms with van der Waals surface area (Å²) in [6.07, 6.45) is 0.860. The van der Waals surface area contributed by atoms with Crippen LogP contribution in [0.25, 0.3) is 0 Å². The number of aryl methyl sites for hydroxylation is 1. The van der Waals surface area contributed by atoms with Crippen molar-refractivity contribution in [1.82, 2.24) is 10.3 Å². The van der Waals surface area contributed by atoms with Gasteiger partial charge in [0.25, 0.3) is 5.91 Å². The van der Waals surface area contributed by atoms with Gasteiger partial charge in [0.1, 0.15) is 5.69 Å². The van der Waals surface area contributed by atoms with Crippen molar-refractivity contribution in [2.45, 2.75) is 47.1 Å². The van der Waals surface area contributed by atoms with E-state index in [1.165, 1.54) is 0 Å². The molecule has 0 bridgehead atoms. The molecular weight excluding hydrogens is 244 g/mol. The van der Waals surface area contributed by atoms with E-state index in [4.69, 9.17) is 4.74 Å². The van der Waals surface area contributed by atoms with Crippen molar-refractivity contribution in [3.8, 4) is 0 Å². The highest BCUT2D eigenvalue weighted by Crippen LogP contribution is 2.19. The van der Waals surface area contributed by atoms with E-state index in [0.717, 1.165) is 6.42 Å². The van der Waals surface area contributed by atoms with Crippen molar-refractivity contribution in [2.24, 2.45) is 0 Å². The smallest absolute Gasteiger partial charge is 0.355 e. The van der Waals surface area contributed by atoms with Gasteiger partial charge in [-0.1, -0.05) is 6.92 Å². The molecule has 5 nitrogen and oxygen atoms in total.